The SMILES string of the molecule is O=C(NCc1nnc2ccccn12)[C@@H]1CCCO1. The van der Waals surface area contributed by atoms with Crippen LogP contribution in [0.5, 0.6) is 0 Å². The van der Waals surface area contributed by atoms with Gasteiger partial charge in [-0.2, -0.15) is 0 Å². The van der Waals surface area contributed by atoms with Crippen LogP contribution in [-0.4, -0.2) is 33.2 Å². The summed E-state index contributed by atoms with van der Waals surface area (Å²) in [5.41, 5.74) is 0.777. The fraction of sp³-hybridized carbons (Fsp3) is 0.417. The van der Waals surface area contributed by atoms with Crippen LogP contribution in [0.3, 0.4) is 0 Å². The van der Waals surface area contributed by atoms with Crippen LogP contribution in [0.25, 0.3) is 5.65 Å². The van der Waals surface area contributed by atoms with E-state index in [1.54, 1.807) is 0 Å². The molecule has 1 aliphatic rings. The van der Waals surface area contributed by atoms with Gasteiger partial charge in [0.2, 0.25) is 5.91 Å². The molecule has 2 aromatic heterocycles. The molecule has 1 amide bonds. The molecule has 1 fully saturated rings. The van der Waals surface area contributed by atoms with Crippen molar-refractivity contribution in [2.45, 2.75) is 25.5 Å². The molecule has 18 heavy (non-hydrogen) atoms. The summed E-state index contributed by atoms with van der Waals surface area (Å²) in [5, 5.41) is 10.9. The first-order valence-corrected chi connectivity index (χ1v) is 6.02. The Morgan fingerprint density at radius 1 is 1.50 bits per heavy atom. The van der Waals surface area contributed by atoms with Crippen molar-refractivity contribution in [3.63, 3.8) is 0 Å². The Kier molecular flexibility index (Phi) is 2.93. The number of hydrogen-bond acceptors (Lipinski definition) is 4. The van der Waals surface area contributed by atoms with Gasteiger partial charge in [0.15, 0.2) is 11.5 Å². The van der Waals surface area contributed by atoms with Crippen LogP contribution in [0.2, 0.25) is 0 Å². The van der Waals surface area contributed by atoms with Crippen molar-refractivity contribution < 1.29 is 9.53 Å². The summed E-state index contributed by atoms with van der Waals surface area (Å²) in [5.74, 6) is 0.650. The number of hydrogen-bond donors (Lipinski definition) is 1. The molecule has 6 heteroatoms. The van der Waals surface area contributed by atoms with E-state index in [0.29, 0.717) is 13.2 Å². The van der Waals surface area contributed by atoms with Crippen molar-refractivity contribution in [1.82, 2.24) is 19.9 Å². The molecule has 0 aliphatic carbocycles. The molecule has 3 rings (SSSR count). The van der Waals surface area contributed by atoms with E-state index in [9.17, 15) is 4.79 Å². The molecule has 0 saturated carbocycles. The van der Waals surface area contributed by atoms with Crippen molar-refractivity contribution in [2.24, 2.45) is 0 Å². The van der Waals surface area contributed by atoms with E-state index in [2.05, 4.69) is 15.5 Å². The Morgan fingerprint density at radius 2 is 2.44 bits per heavy atom. The van der Waals surface area contributed by atoms with Gasteiger partial charge < -0.3 is 10.1 Å². The number of aromatic nitrogens is 3. The van der Waals surface area contributed by atoms with Crippen molar-refractivity contribution in [3.8, 4) is 0 Å². The largest absolute Gasteiger partial charge is 0.368 e. The third-order valence-electron chi connectivity index (χ3n) is 3.03. The van der Waals surface area contributed by atoms with E-state index in [0.717, 1.165) is 24.3 Å². The second-order valence-corrected chi connectivity index (χ2v) is 4.26. The van der Waals surface area contributed by atoms with Gasteiger partial charge in [0.1, 0.15) is 6.10 Å². The van der Waals surface area contributed by atoms with Gasteiger partial charge in [-0.25, -0.2) is 0 Å². The molecule has 0 aromatic carbocycles. The van der Waals surface area contributed by atoms with Crippen molar-refractivity contribution in [1.29, 1.82) is 0 Å². The van der Waals surface area contributed by atoms with Crippen molar-refractivity contribution >= 4 is 11.6 Å². The van der Waals surface area contributed by atoms with E-state index >= 15 is 0 Å². The monoisotopic (exact) mass is 246 g/mol. The second-order valence-electron chi connectivity index (χ2n) is 4.26. The highest BCUT2D eigenvalue weighted by Gasteiger charge is 2.23. The average molecular weight is 246 g/mol. The molecule has 6 nitrogen and oxygen atoms in total. The molecule has 0 radical (unpaired) electrons. The fourth-order valence-corrected chi connectivity index (χ4v) is 2.08. The Morgan fingerprint density at radius 3 is 3.28 bits per heavy atom. The summed E-state index contributed by atoms with van der Waals surface area (Å²) in [7, 11) is 0. The Hall–Kier alpha value is -1.95. The van der Waals surface area contributed by atoms with Gasteiger partial charge in [-0.05, 0) is 25.0 Å². The topological polar surface area (TPSA) is 68.5 Å². The highest BCUT2D eigenvalue weighted by molar-refractivity contribution is 5.80. The summed E-state index contributed by atoms with van der Waals surface area (Å²) in [6, 6.07) is 5.68. The number of nitrogens with one attached hydrogen (secondary N) is 1. The third-order valence-corrected chi connectivity index (χ3v) is 3.03. The quantitative estimate of drug-likeness (QED) is 0.857. The standard InChI is InChI=1S/C12H14N4O2/c17-12(9-4-3-7-18-9)13-8-11-15-14-10-5-1-2-6-16(10)11/h1-2,5-6,9H,3-4,7-8H2,(H,13,17)/t9-/m0/s1. The van der Waals surface area contributed by atoms with Crippen LogP contribution in [-0.2, 0) is 16.1 Å². The van der Waals surface area contributed by atoms with Crippen LogP contribution < -0.4 is 5.32 Å². The lowest BCUT2D eigenvalue weighted by Crippen LogP contribution is -2.34. The second kappa shape index (κ2) is 4.73. The molecular weight excluding hydrogens is 232 g/mol. The molecule has 94 valence electrons. The molecule has 2 aromatic rings. The van der Waals surface area contributed by atoms with Crippen LogP contribution in [0.1, 0.15) is 18.7 Å². The number of pyridine rings is 1. The molecular formula is C12H14N4O2. The number of carbonyl (C=O) groups is 1. The average Bonchev–Trinajstić information content (AvgIpc) is 3.06. The molecule has 1 N–H and O–H groups in total. The Balaban J connectivity index is 1.67. The van der Waals surface area contributed by atoms with Crippen LogP contribution in [0, 0.1) is 0 Å². The minimum Gasteiger partial charge on any atom is -0.368 e. The Bertz CT molecular complexity index is 560. The first-order valence-electron chi connectivity index (χ1n) is 6.02. The van der Waals surface area contributed by atoms with Crippen molar-refractivity contribution in [3.05, 3.63) is 30.2 Å². The van der Waals surface area contributed by atoms with Gasteiger partial charge in [-0.3, -0.25) is 9.20 Å². The van der Waals surface area contributed by atoms with Gasteiger partial charge in [-0.15, -0.1) is 10.2 Å². The van der Waals surface area contributed by atoms with E-state index in [4.69, 9.17) is 4.74 Å². The number of nitrogens with zero attached hydrogens (tertiary/aromatic N) is 3. The fourth-order valence-electron chi connectivity index (χ4n) is 2.08. The summed E-state index contributed by atoms with van der Waals surface area (Å²) in [6.45, 7) is 1.04. The first-order chi connectivity index (χ1) is 8.84. The molecule has 0 bridgehead atoms. The lowest BCUT2D eigenvalue weighted by Gasteiger charge is -2.09. The van der Waals surface area contributed by atoms with Gasteiger partial charge in [0.05, 0.1) is 6.54 Å². The highest BCUT2D eigenvalue weighted by atomic mass is 16.5. The van der Waals surface area contributed by atoms with Gasteiger partial charge in [-0.1, -0.05) is 6.07 Å². The van der Waals surface area contributed by atoms with Gasteiger partial charge in [0.25, 0.3) is 0 Å². The summed E-state index contributed by atoms with van der Waals surface area (Å²) < 4.78 is 7.17. The third kappa shape index (κ3) is 2.06. The van der Waals surface area contributed by atoms with Crippen LogP contribution in [0.4, 0.5) is 0 Å². The highest BCUT2D eigenvalue weighted by Crippen LogP contribution is 2.12. The first kappa shape index (κ1) is 11.2. The number of ether oxygens (including phenoxy) is 1. The summed E-state index contributed by atoms with van der Waals surface area (Å²) in [6.07, 6.45) is 3.32. The van der Waals surface area contributed by atoms with Crippen LogP contribution >= 0.6 is 0 Å². The van der Waals surface area contributed by atoms with Crippen LogP contribution in [0.15, 0.2) is 24.4 Å². The lowest BCUT2D eigenvalue weighted by atomic mass is 10.2. The molecule has 0 spiro atoms. The zero-order valence-corrected chi connectivity index (χ0v) is 9.87. The maximum absolute atomic E-state index is 11.8. The smallest absolute Gasteiger partial charge is 0.249 e. The molecule has 1 aliphatic heterocycles. The number of fused-ring (bicyclic) bond motifs is 1. The normalized spacial score (nSPS) is 19.2. The molecule has 1 saturated heterocycles. The number of amides is 1. The lowest BCUT2D eigenvalue weighted by molar-refractivity contribution is -0.130. The minimum absolute atomic E-state index is 0.0693. The zero-order chi connectivity index (χ0) is 12.4. The minimum atomic E-state index is -0.302. The predicted molar refractivity (Wildman–Crippen MR) is 63.8 cm³/mol. The van der Waals surface area contributed by atoms with E-state index in [1.165, 1.54) is 0 Å². The summed E-state index contributed by atoms with van der Waals surface area (Å²) in [4.78, 5) is 11.8. The number of carbonyl (C=O) groups excluding carboxylic acids is 1. The number of rotatable bonds is 3. The zero-order valence-electron chi connectivity index (χ0n) is 9.87. The van der Waals surface area contributed by atoms with E-state index < -0.39 is 0 Å². The molecule has 0 unspecified atom stereocenters. The van der Waals surface area contributed by atoms with Crippen molar-refractivity contribution in [2.75, 3.05) is 6.61 Å². The maximum Gasteiger partial charge on any atom is 0.249 e. The van der Waals surface area contributed by atoms with Gasteiger partial charge in [0, 0.05) is 12.8 Å². The Labute approximate surface area is 104 Å². The van der Waals surface area contributed by atoms with E-state index in [-0.39, 0.29) is 12.0 Å². The molecule has 3 heterocycles. The predicted octanol–water partition coefficient (Wildman–Crippen LogP) is 0.524. The maximum atomic E-state index is 11.8. The van der Waals surface area contributed by atoms with E-state index in [1.807, 2.05) is 28.8 Å². The van der Waals surface area contributed by atoms with Gasteiger partial charge >= 0.3 is 0 Å². The summed E-state index contributed by atoms with van der Waals surface area (Å²) >= 11 is 0. The molecule has 1 atom stereocenters.